The summed E-state index contributed by atoms with van der Waals surface area (Å²) in [5.74, 6) is -20.2. The highest BCUT2D eigenvalue weighted by molar-refractivity contribution is 6.01. The van der Waals surface area contributed by atoms with Gasteiger partial charge < -0.3 is 0 Å². The van der Waals surface area contributed by atoms with Crippen LogP contribution in [-0.4, -0.2) is 28.0 Å². The first-order chi connectivity index (χ1) is 16.1. The number of rotatable bonds is 3. The van der Waals surface area contributed by atoms with Crippen LogP contribution in [0.15, 0.2) is 23.9 Å². The van der Waals surface area contributed by atoms with Crippen LogP contribution in [0.1, 0.15) is 28.2 Å². The van der Waals surface area contributed by atoms with Gasteiger partial charge in [0.15, 0.2) is 11.4 Å². The summed E-state index contributed by atoms with van der Waals surface area (Å²) in [6.45, 7) is 7.10. The van der Waals surface area contributed by atoms with Crippen molar-refractivity contribution in [3.63, 3.8) is 0 Å². The maximum absolute atomic E-state index is 14.5. The van der Waals surface area contributed by atoms with Gasteiger partial charge in [0.2, 0.25) is 0 Å². The molecule has 0 fully saturated rings. The SMILES string of the molecule is [C-]#[N+]/C(C#N)=C1\c2cc(C(F)(F)C(F)(F)C(F)(F)C(F)(F)F)ccc2-c2nc(C#N)c(C#N)nc21. The van der Waals surface area contributed by atoms with Crippen molar-refractivity contribution < 1.29 is 39.5 Å². The third-order valence-corrected chi connectivity index (χ3v) is 4.85. The number of hydrogen-bond donors (Lipinski definition) is 0. The zero-order chi connectivity index (χ0) is 26.6. The molecule has 0 saturated carbocycles. The summed E-state index contributed by atoms with van der Waals surface area (Å²) >= 11 is 0. The molecule has 0 spiro atoms. The second kappa shape index (κ2) is 7.71. The van der Waals surface area contributed by atoms with Crippen molar-refractivity contribution in [3.8, 4) is 29.5 Å². The van der Waals surface area contributed by atoms with E-state index in [4.69, 9.17) is 17.1 Å². The van der Waals surface area contributed by atoms with Crippen LogP contribution in [-0.2, 0) is 5.92 Å². The van der Waals surface area contributed by atoms with Crippen molar-refractivity contribution >= 4 is 5.57 Å². The number of nitriles is 3. The second-order valence-corrected chi connectivity index (χ2v) is 6.77. The third-order valence-electron chi connectivity index (χ3n) is 4.85. The minimum absolute atomic E-state index is 0.0923. The highest BCUT2D eigenvalue weighted by Crippen LogP contribution is 2.57. The summed E-state index contributed by atoms with van der Waals surface area (Å²) in [7, 11) is 0. The lowest BCUT2D eigenvalue weighted by Crippen LogP contribution is -2.59. The Morgan fingerprint density at radius 1 is 0.800 bits per heavy atom. The number of aromatic nitrogens is 2. The molecule has 35 heavy (non-hydrogen) atoms. The molecule has 0 bridgehead atoms. The van der Waals surface area contributed by atoms with E-state index in [0.29, 0.717) is 6.07 Å². The van der Waals surface area contributed by atoms with Crippen LogP contribution in [0.2, 0.25) is 0 Å². The minimum atomic E-state index is -7.13. The molecular formula is C20H3F9N6. The van der Waals surface area contributed by atoms with E-state index in [0.717, 1.165) is 0 Å². The van der Waals surface area contributed by atoms with E-state index < -0.39 is 63.4 Å². The Morgan fingerprint density at radius 2 is 1.34 bits per heavy atom. The van der Waals surface area contributed by atoms with Crippen molar-refractivity contribution in [1.29, 1.82) is 15.8 Å². The maximum atomic E-state index is 14.5. The van der Waals surface area contributed by atoms with Crippen LogP contribution in [0.5, 0.6) is 0 Å². The zero-order valence-electron chi connectivity index (χ0n) is 16.3. The van der Waals surface area contributed by atoms with E-state index in [1.54, 1.807) is 0 Å². The van der Waals surface area contributed by atoms with Crippen molar-refractivity contribution in [2.75, 3.05) is 0 Å². The highest BCUT2D eigenvalue weighted by atomic mass is 19.4. The smallest absolute Gasteiger partial charge is 0.233 e. The van der Waals surface area contributed by atoms with Gasteiger partial charge in [0.1, 0.15) is 12.1 Å². The molecule has 1 aliphatic rings. The van der Waals surface area contributed by atoms with Crippen molar-refractivity contribution in [3.05, 3.63) is 63.5 Å². The van der Waals surface area contributed by atoms with E-state index in [-0.39, 0.29) is 23.4 Å². The summed E-state index contributed by atoms with van der Waals surface area (Å²) < 4.78 is 121. The fraction of sp³-hybridized carbons (Fsp3) is 0.200. The molecule has 3 rings (SSSR count). The molecule has 1 heterocycles. The number of alkyl halides is 9. The summed E-state index contributed by atoms with van der Waals surface area (Å²) in [4.78, 5) is 10.4. The first-order valence-corrected chi connectivity index (χ1v) is 8.70. The first kappa shape index (κ1) is 25.0. The Kier molecular flexibility index (Phi) is 5.51. The second-order valence-electron chi connectivity index (χ2n) is 6.77. The van der Waals surface area contributed by atoms with Crippen LogP contribution >= 0.6 is 0 Å². The molecule has 0 atom stereocenters. The largest absolute Gasteiger partial charge is 0.460 e. The van der Waals surface area contributed by atoms with Gasteiger partial charge in [-0.15, -0.1) is 0 Å². The lowest BCUT2D eigenvalue weighted by atomic mass is 9.93. The fourth-order valence-corrected chi connectivity index (χ4v) is 3.17. The van der Waals surface area contributed by atoms with Gasteiger partial charge in [-0.3, -0.25) is 0 Å². The number of halogens is 9. The minimum Gasteiger partial charge on any atom is -0.233 e. The van der Waals surface area contributed by atoms with Gasteiger partial charge in [-0.05, 0) is 11.6 Å². The van der Waals surface area contributed by atoms with E-state index in [2.05, 4.69) is 14.8 Å². The van der Waals surface area contributed by atoms with Crippen LogP contribution in [0, 0.1) is 40.6 Å². The normalized spacial score (nSPS) is 14.7. The molecule has 0 aliphatic heterocycles. The Hall–Kier alpha value is -4.63. The fourth-order valence-electron chi connectivity index (χ4n) is 3.17. The van der Waals surface area contributed by atoms with Crippen LogP contribution in [0.3, 0.4) is 0 Å². The monoisotopic (exact) mass is 498 g/mol. The number of hydrogen-bond acceptors (Lipinski definition) is 5. The summed E-state index contributed by atoms with van der Waals surface area (Å²) in [5.41, 5.74) is -6.42. The van der Waals surface area contributed by atoms with E-state index in [9.17, 15) is 44.8 Å². The standard InChI is InChI=1S/C20H3F9N6/c1-33-13(7-32)14-10-4-8(17(21,22)18(23,24)19(25,26)20(27,28)29)2-3-9(10)15-16(14)35-12(6-31)11(5-30)34-15/h2-4H/b14-13+. The summed E-state index contributed by atoms with van der Waals surface area (Å²) in [6, 6.07) is 5.20. The average molecular weight is 498 g/mol. The average Bonchev–Trinajstić information content (AvgIpc) is 3.10. The molecule has 1 aromatic heterocycles. The van der Waals surface area contributed by atoms with Gasteiger partial charge in [0.25, 0.3) is 5.70 Å². The van der Waals surface area contributed by atoms with Crippen molar-refractivity contribution in [2.45, 2.75) is 23.9 Å². The van der Waals surface area contributed by atoms with Gasteiger partial charge in [0, 0.05) is 16.7 Å². The van der Waals surface area contributed by atoms with Crippen molar-refractivity contribution in [2.24, 2.45) is 0 Å². The van der Waals surface area contributed by atoms with Gasteiger partial charge in [-0.2, -0.15) is 50.0 Å². The number of nitrogens with zero attached hydrogens (tertiary/aromatic N) is 6. The number of benzene rings is 1. The molecular weight excluding hydrogens is 495 g/mol. The Labute approximate surface area is 188 Å². The van der Waals surface area contributed by atoms with Crippen LogP contribution < -0.4 is 0 Å². The van der Waals surface area contributed by atoms with Gasteiger partial charge in [-0.1, -0.05) is 12.1 Å². The third kappa shape index (κ3) is 3.32. The number of fused-ring (bicyclic) bond motifs is 3. The predicted octanol–water partition coefficient (Wildman–Crippen LogP) is 5.33. The van der Waals surface area contributed by atoms with Gasteiger partial charge >= 0.3 is 23.9 Å². The Morgan fingerprint density at radius 3 is 1.80 bits per heavy atom. The van der Waals surface area contributed by atoms with E-state index in [1.165, 1.54) is 18.2 Å². The maximum Gasteiger partial charge on any atom is 0.460 e. The van der Waals surface area contributed by atoms with Crippen LogP contribution in [0.4, 0.5) is 39.5 Å². The molecule has 0 saturated heterocycles. The Bertz CT molecular complexity index is 1440. The van der Waals surface area contributed by atoms with Gasteiger partial charge in [0.05, 0.1) is 24.0 Å². The number of allylic oxidation sites excluding steroid dienone is 1. The Balaban J connectivity index is 2.35. The predicted molar refractivity (Wildman–Crippen MR) is 95.0 cm³/mol. The molecule has 6 nitrogen and oxygen atoms in total. The topological polar surface area (TPSA) is 102 Å². The molecule has 1 aliphatic carbocycles. The van der Waals surface area contributed by atoms with Crippen molar-refractivity contribution in [1.82, 2.24) is 9.97 Å². The van der Waals surface area contributed by atoms with E-state index >= 15 is 0 Å². The summed E-state index contributed by atoms with van der Waals surface area (Å²) in [5, 5.41) is 27.5. The molecule has 0 N–H and O–H groups in total. The van der Waals surface area contributed by atoms with Gasteiger partial charge in [-0.25, -0.2) is 20.1 Å². The molecule has 15 heteroatoms. The van der Waals surface area contributed by atoms with Crippen LogP contribution in [0.25, 0.3) is 21.7 Å². The summed E-state index contributed by atoms with van der Waals surface area (Å²) in [6.07, 6.45) is -7.02. The molecule has 2 aromatic rings. The lowest BCUT2D eigenvalue weighted by Gasteiger charge is -2.34. The molecule has 1 aromatic carbocycles. The quantitative estimate of drug-likeness (QED) is 0.276. The van der Waals surface area contributed by atoms with E-state index in [1.807, 2.05) is 0 Å². The molecule has 0 unspecified atom stereocenters. The molecule has 0 radical (unpaired) electrons. The molecule has 176 valence electrons. The molecule has 0 amide bonds. The highest BCUT2D eigenvalue weighted by Gasteiger charge is 2.82. The zero-order valence-corrected chi connectivity index (χ0v) is 16.3. The first-order valence-electron chi connectivity index (χ1n) is 8.70. The lowest BCUT2D eigenvalue weighted by molar-refractivity contribution is -0.399.